The lowest BCUT2D eigenvalue weighted by molar-refractivity contribution is 0.0394. The van der Waals surface area contributed by atoms with Gasteiger partial charge in [0.15, 0.2) is 0 Å². The third-order valence-corrected chi connectivity index (χ3v) is 6.86. The highest BCUT2D eigenvalue weighted by Gasteiger charge is 2.17. The number of rotatable bonds is 10. The van der Waals surface area contributed by atoms with Gasteiger partial charge >= 0.3 is 6.09 Å². The number of aromatic nitrogens is 3. The Morgan fingerprint density at radius 1 is 0.952 bits per heavy atom. The summed E-state index contributed by atoms with van der Waals surface area (Å²) in [4.78, 5) is 30.4. The molecule has 0 atom stereocenters. The van der Waals surface area contributed by atoms with E-state index in [0.717, 1.165) is 67.4 Å². The second-order valence-corrected chi connectivity index (χ2v) is 10.1. The van der Waals surface area contributed by atoms with Crippen molar-refractivity contribution in [3.05, 3.63) is 60.9 Å². The van der Waals surface area contributed by atoms with Crippen LogP contribution in [0.15, 0.2) is 60.9 Å². The highest BCUT2D eigenvalue weighted by molar-refractivity contribution is 5.84. The zero-order valence-electron chi connectivity index (χ0n) is 24.4. The molecule has 1 fully saturated rings. The Morgan fingerprint density at radius 2 is 1.71 bits per heavy atom. The number of amides is 1. The summed E-state index contributed by atoms with van der Waals surface area (Å²) >= 11 is 0. The Balaban J connectivity index is 1.44. The number of carbonyl (C=O) groups excluding carboxylic acids is 1. The Hall–Kier alpha value is -4.48. The summed E-state index contributed by atoms with van der Waals surface area (Å²) in [5.41, 5.74) is 4.90. The van der Waals surface area contributed by atoms with E-state index in [0.29, 0.717) is 23.0 Å². The molecule has 0 saturated carbocycles. The fourth-order valence-electron chi connectivity index (χ4n) is 4.70. The molecule has 1 N–H and O–H groups in total. The standard InChI is InChI=1S/C31H36N6O5/c1-21(2)42-31(38)35-30-8-5-22(19-33-30)29-20-32-27-7-6-23(17-28(27)34-29)37(10-9-36-11-13-41-14-12-36)24-15-25(39-3)18-26(16-24)40-4/h5-8,15-21H,9-14H2,1-4H3,(H,33,35,38). The molecule has 42 heavy (non-hydrogen) atoms. The summed E-state index contributed by atoms with van der Waals surface area (Å²) in [5.74, 6) is 1.82. The Bertz CT molecular complexity index is 1490. The van der Waals surface area contributed by atoms with Crippen molar-refractivity contribution in [3.8, 4) is 22.8 Å². The summed E-state index contributed by atoms with van der Waals surface area (Å²) in [7, 11) is 3.30. The van der Waals surface area contributed by atoms with Crippen LogP contribution >= 0.6 is 0 Å². The van der Waals surface area contributed by atoms with E-state index in [-0.39, 0.29) is 6.10 Å². The lowest BCUT2D eigenvalue weighted by Gasteiger charge is -2.31. The van der Waals surface area contributed by atoms with Crippen molar-refractivity contribution >= 4 is 34.3 Å². The van der Waals surface area contributed by atoms with Gasteiger partial charge in [0.05, 0.1) is 56.5 Å². The van der Waals surface area contributed by atoms with Crippen molar-refractivity contribution in [2.75, 3.05) is 63.8 Å². The zero-order valence-corrected chi connectivity index (χ0v) is 24.4. The molecule has 1 aliphatic rings. The minimum Gasteiger partial charge on any atom is -0.497 e. The van der Waals surface area contributed by atoms with Crippen molar-refractivity contribution in [3.63, 3.8) is 0 Å². The number of nitrogens with one attached hydrogen (secondary N) is 1. The van der Waals surface area contributed by atoms with Crippen LogP contribution < -0.4 is 19.7 Å². The molecule has 11 nitrogen and oxygen atoms in total. The van der Waals surface area contributed by atoms with Gasteiger partial charge < -0.3 is 23.8 Å². The SMILES string of the molecule is COc1cc(OC)cc(N(CCN2CCOCC2)c2ccc3ncc(-c4ccc(NC(=O)OC(C)C)nc4)nc3c2)c1. The second kappa shape index (κ2) is 13.5. The van der Waals surface area contributed by atoms with E-state index in [4.69, 9.17) is 23.9 Å². The van der Waals surface area contributed by atoms with Crippen molar-refractivity contribution in [2.24, 2.45) is 0 Å². The minimum atomic E-state index is -0.546. The van der Waals surface area contributed by atoms with Gasteiger partial charge in [-0.3, -0.25) is 15.2 Å². The molecule has 0 unspecified atom stereocenters. The average Bonchev–Trinajstić information content (AvgIpc) is 3.01. The number of carbonyl (C=O) groups is 1. The van der Waals surface area contributed by atoms with Crippen LogP contribution in [0.25, 0.3) is 22.3 Å². The first-order chi connectivity index (χ1) is 20.4. The molecule has 0 aliphatic carbocycles. The van der Waals surface area contributed by atoms with Crippen molar-refractivity contribution in [1.29, 1.82) is 0 Å². The molecular formula is C31H36N6O5. The summed E-state index contributed by atoms with van der Waals surface area (Å²) in [6.45, 7) is 8.49. The van der Waals surface area contributed by atoms with E-state index in [1.165, 1.54) is 0 Å². The summed E-state index contributed by atoms with van der Waals surface area (Å²) in [6, 6.07) is 15.5. The van der Waals surface area contributed by atoms with Gasteiger partial charge in [-0.25, -0.2) is 14.8 Å². The van der Waals surface area contributed by atoms with Gasteiger partial charge in [-0.1, -0.05) is 0 Å². The van der Waals surface area contributed by atoms with Crippen LogP contribution in [0.4, 0.5) is 22.0 Å². The molecule has 2 aromatic heterocycles. The molecule has 1 amide bonds. The topological polar surface area (TPSA) is 111 Å². The van der Waals surface area contributed by atoms with Crippen LogP contribution in [0.2, 0.25) is 0 Å². The number of fused-ring (bicyclic) bond motifs is 1. The zero-order chi connectivity index (χ0) is 29.5. The average molecular weight is 573 g/mol. The first-order valence-electron chi connectivity index (χ1n) is 13.9. The van der Waals surface area contributed by atoms with E-state index in [2.05, 4.69) is 31.2 Å². The van der Waals surface area contributed by atoms with Crippen LogP contribution in [-0.2, 0) is 9.47 Å². The number of morpholine rings is 1. The normalized spacial score (nSPS) is 13.6. The van der Waals surface area contributed by atoms with Gasteiger partial charge in [-0.15, -0.1) is 0 Å². The Morgan fingerprint density at radius 3 is 2.38 bits per heavy atom. The van der Waals surface area contributed by atoms with E-state index in [1.807, 2.05) is 36.4 Å². The molecule has 3 heterocycles. The molecule has 2 aromatic carbocycles. The third-order valence-electron chi connectivity index (χ3n) is 6.86. The first-order valence-corrected chi connectivity index (χ1v) is 13.9. The monoisotopic (exact) mass is 572 g/mol. The lowest BCUT2D eigenvalue weighted by atomic mass is 10.1. The lowest BCUT2D eigenvalue weighted by Crippen LogP contribution is -2.40. The van der Waals surface area contributed by atoms with Gasteiger partial charge in [0, 0.05) is 67.5 Å². The maximum atomic E-state index is 11.9. The maximum Gasteiger partial charge on any atom is 0.413 e. The van der Waals surface area contributed by atoms with Crippen LogP contribution in [0, 0.1) is 0 Å². The number of pyridine rings is 1. The molecule has 1 saturated heterocycles. The molecule has 220 valence electrons. The minimum absolute atomic E-state index is 0.219. The van der Waals surface area contributed by atoms with Gasteiger partial charge in [0.25, 0.3) is 0 Å². The summed E-state index contributed by atoms with van der Waals surface area (Å²) < 4.78 is 21.8. The molecule has 4 aromatic rings. The van der Waals surface area contributed by atoms with Crippen molar-refractivity contribution in [1.82, 2.24) is 19.9 Å². The van der Waals surface area contributed by atoms with Gasteiger partial charge in [0.2, 0.25) is 0 Å². The van der Waals surface area contributed by atoms with E-state index in [9.17, 15) is 4.79 Å². The van der Waals surface area contributed by atoms with Crippen LogP contribution in [0.1, 0.15) is 13.8 Å². The number of ether oxygens (including phenoxy) is 4. The number of hydrogen-bond donors (Lipinski definition) is 1. The summed E-state index contributed by atoms with van der Waals surface area (Å²) in [6.07, 6.45) is 2.61. The highest BCUT2D eigenvalue weighted by atomic mass is 16.6. The maximum absolute atomic E-state index is 11.9. The van der Waals surface area contributed by atoms with E-state index in [1.54, 1.807) is 46.5 Å². The quantitative estimate of drug-likeness (QED) is 0.274. The fourth-order valence-corrected chi connectivity index (χ4v) is 4.70. The molecule has 5 rings (SSSR count). The van der Waals surface area contributed by atoms with Crippen LogP contribution in [0.5, 0.6) is 11.5 Å². The summed E-state index contributed by atoms with van der Waals surface area (Å²) in [5, 5.41) is 2.63. The number of benzene rings is 2. The fraction of sp³-hybridized carbons (Fsp3) is 0.355. The number of hydrogen-bond acceptors (Lipinski definition) is 10. The molecule has 0 bridgehead atoms. The Labute approximate surface area is 245 Å². The third kappa shape index (κ3) is 7.23. The Kier molecular flexibility index (Phi) is 9.30. The predicted molar refractivity (Wildman–Crippen MR) is 162 cm³/mol. The molecule has 1 aliphatic heterocycles. The predicted octanol–water partition coefficient (Wildman–Crippen LogP) is 5.14. The van der Waals surface area contributed by atoms with Gasteiger partial charge in [-0.2, -0.15) is 0 Å². The molecule has 0 radical (unpaired) electrons. The van der Waals surface area contributed by atoms with Crippen molar-refractivity contribution in [2.45, 2.75) is 20.0 Å². The van der Waals surface area contributed by atoms with E-state index < -0.39 is 6.09 Å². The highest BCUT2D eigenvalue weighted by Crippen LogP contribution is 2.34. The van der Waals surface area contributed by atoms with Gasteiger partial charge in [0.1, 0.15) is 17.3 Å². The van der Waals surface area contributed by atoms with Crippen molar-refractivity contribution < 1.29 is 23.7 Å². The van der Waals surface area contributed by atoms with Crippen LogP contribution in [-0.4, -0.2) is 85.7 Å². The van der Waals surface area contributed by atoms with Gasteiger partial charge in [-0.05, 0) is 44.2 Å². The van der Waals surface area contributed by atoms with E-state index >= 15 is 0 Å². The number of methoxy groups -OCH3 is 2. The largest absolute Gasteiger partial charge is 0.497 e. The number of nitrogens with zero attached hydrogens (tertiary/aromatic N) is 5. The smallest absolute Gasteiger partial charge is 0.413 e. The van der Waals surface area contributed by atoms with Crippen LogP contribution in [0.3, 0.4) is 0 Å². The molecular weight excluding hydrogens is 536 g/mol. The second-order valence-electron chi connectivity index (χ2n) is 10.1. The first kappa shape index (κ1) is 29.0. The number of anilines is 3. The molecule has 11 heteroatoms. The molecule has 0 spiro atoms.